The molecule has 0 aromatic heterocycles. The molecule has 0 saturated heterocycles. The van der Waals surface area contributed by atoms with E-state index in [0.29, 0.717) is 0 Å². The van der Waals surface area contributed by atoms with Gasteiger partial charge in [-0.05, 0) is 0 Å². The summed E-state index contributed by atoms with van der Waals surface area (Å²) in [6.45, 7) is 0. The average molecular weight is 87.1 g/mol. The molecular weight excluding hydrogens is 84.0 g/mol. The van der Waals surface area contributed by atoms with Gasteiger partial charge >= 0.3 is 0 Å². The molecule has 0 aromatic carbocycles. The molecule has 0 aliphatic heterocycles. The number of hydrogen-bond acceptors (Lipinski definition) is 3. The quantitative estimate of drug-likeness (QED) is 0.240. The van der Waals surface area contributed by atoms with Crippen molar-refractivity contribution in [1.29, 1.82) is 0 Å². The maximum Gasteiger partial charge on any atom is 0.183 e. The number of methoxy groups -OCH3 is 1. The Labute approximate surface area is 34.9 Å². The van der Waals surface area contributed by atoms with Gasteiger partial charge in [0.15, 0.2) is 5.97 Å². The highest BCUT2D eigenvalue weighted by Gasteiger charge is 1.69. The standard InChI is InChI=1S/C3H3O3/c1-6-3(5)2-4/h1H3/q-1. The lowest BCUT2D eigenvalue weighted by molar-refractivity contribution is -0.132. The summed E-state index contributed by atoms with van der Waals surface area (Å²) < 4.78 is 3.84. The van der Waals surface area contributed by atoms with Gasteiger partial charge in [0.05, 0.1) is 7.11 Å². The summed E-state index contributed by atoms with van der Waals surface area (Å²) in [4.78, 5) is 18.7. The van der Waals surface area contributed by atoms with Crippen LogP contribution in [0.2, 0.25) is 0 Å². The van der Waals surface area contributed by atoms with E-state index >= 15 is 0 Å². The molecule has 0 aliphatic carbocycles. The molecular formula is C3H3O3-. The van der Waals surface area contributed by atoms with E-state index < -0.39 is 5.97 Å². The molecule has 3 nitrogen and oxygen atoms in total. The number of esters is 1. The van der Waals surface area contributed by atoms with Crippen LogP contribution in [0.4, 0.5) is 0 Å². The molecule has 0 fully saturated rings. The summed E-state index contributed by atoms with van der Waals surface area (Å²) in [6, 6.07) is 0. The highest BCUT2D eigenvalue weighted by atomic mass is 16.5. The highest BCUT2D eigenvalue weighted by molar-refractivity contribution is 6.20. The molecule has 3 heteroatoms. The zero-order valence-electron chi connectivity index (χ0n) is 3.22. The van der Waals surface area contributed by atoms with Crippen molar-refractivity contribution in [1.82, 2.24) is 0 Å². The minimum absolute atomic E-state index is 0.963. The first-order valence-corrected chi connectivity index (χ1v) is 1.27. The van der Waals surface area contributed by atoms with Gasteiger partial charge in [-0.25, -0.2) is 0 Å². The molecule has 0 aliphatic rings. The predicted octanol–water partition coefficient (Wildman–Crippen LogP) is -0.731. The Balaban J connectivity index is 3.23. The molecule has 6 heavy (non-hydrogen) atoms. The van der Waals surface area contributed by atoms with Gasteiger partial charge in [-0.3, -0.25) is 4.79 Å². The van der Waals surface area contributed by atoms with Crippen molar-refractivity contribution in [3.8, 4) is 0 Å². The van der Waals surface area contributed by atoms with Crippen molar-refractivity contribution in [2.75, 3.05) is 7.11 Å². The van der Waals surface area contributed by atoms with E-state index in [2.05, 4.69) is 4.74 Å². The van der Waals surface area contributed by atoms with E-state index in [0.717, 1.165) is 13.4 Å². The molecule has 34 valence electrons. The molecule has 0 amide bonds. The van der Waals surface area contributed by atoms with E-state index in [4.69, 9.17) is 4.79 Å². The highest BCUT2D eigenvalue weighted by Crippen LogP contribution is 1.58. The van der Waals surface area contributed by atoms with Crippen molar-refractivity contribution < 1.29 is 14.3 Å². The van der Waals surface area contributed by atoms with Crippen molar-refractivity contribution in [2.24, 2.45) is 0 Å². The summed E-state index contributed by atoms with van der Waals surface area (Å²) in [6.07, 6.45) is 1.00. The van der Waals surface area contributed by atoms with Crippen LogP contribution in [-0.4, -0.2) is 19.4 Å². The Morgan fingerprint density at radius 2 is 2.33 bits per heavy atom. The van der Waals surface area contributed by atoms with Gasteiger partial charge in [-0.1, -0.05) is 0 Å². The number of ether oxygens (including phenoxy) is 1. The minimum Gasteiger partial charge on any atom is -0.531 e. The normalized spacial score (nSPS) is 6.83. The topological polar surface area (TPSA) is 43.4 Å². The van der Waals surface area contributed by atoms with Crippen LogP contribution in [0.5, 0.6) is 0 Å². The molecule has 0 aromatic rings. The Morgan fingerprint density at radius 1 is 1.83 bits per heavy atom. The van der Waals surface area contributed by atoms with Gasteiger partial charge in [0.25, 0.3) is 0 Å². The third-order valence-corrected chi connectivity index (χ3v) is 0.269. The number of carbonyl (C=O) groups is 1. The van der Waals surface area contributed by atoms with E-state index in [9.17, 15) is 4.79 Å². The monoisotopic (exact) mass is 87.0 g/mol. The van der Waals surface area contributed by atoms with Crippen LogP contribution in [0.15, 0.2) is 0 Å². The van der Waals surface area contributed by atoms with E-state index in [1.54, 1.807) is 0 Å². The van der Waals surface area contributed by atoms with Crippen LogP contribution < -0.4 is 0 Å². The smallest absolute Gasteiger partial charge is 0.183 e. The van der Waals surface area contributed by atoms with Crippen LogP contribution in [0, 0.1) is 0 Å². The molecule has 0 bridgehead atoms. The Bertz CT molecular complexity index is 66.4. The van der Waals surface area contributed by atoms with Gasteiger partial charge in [-0.2, -0.15) is 6.29 Å². The lowest BCUT2D eigenvalue weighted by Crippen LogP contribution is -1.98. The van der Waals surface area contributed by atoms with Gasteiger partial charge in [-0.15, -0.1) is 0 Å². The Kier molecular flexibility index (Phi) is 2.04. The lowest BCUT2D eigenvalue weighted by Gasteiger charge is -1.92. The molecule has 0 unspecified atom stereocenters. The molecule has 0 saturated carbocycles. The first-order chi connectivity index (χ1) is 2.81. The van der Waals surface area contributed by atoms with Gasteiger partial charge in [0, 0.05) is 0 Å². The molecule has 0 heterocycles. The van der Waals surface area contributed by atoms with Crippen LogP contribution in [0.1, 0.15) is 0 Å². The number of hydrogen-bond donors (Lipinski definition) is 0. The minimum atomic E-state index is -0.963. The van der Waals surface area contributed by atoms with Crippen molar-refractivity contribution >= 4 is 12.3 Å². The van der Waals surface area contributed by atoms with Crippen molar-refractivity contribution in [3.05, 3.63) is 0 Å². The zero-order valence-corrected chi connectivity index (χ0v) is 3.22. The van der Waals surface area contributed by atoms with Crippen LogP contribution in [0.3, 0.4) is 0 Å². The van der Waals surface area contributed by atoms with E-state index in [1.165, 1.54) is 0 Å². The summed E-state index contributed by atoms with van der Waals surface area (Å²) >= 11 is 0. The van der Waals surface area contributed by atoms with E-state index in [1.807, 2.05) is 0 Å². The number of carbonyl (C=O) groups excluding carboxylic acids is 2. The second kappa shape index (κ2) is 2.38. The molecule has 0 spiro atoms. The van der Waals surface area contributed by atoms with Gasteiger partial charge in [0.1, 0.15) is 0 Å². The second-order valence-corrected chi connectivity index (χ2v) is 0.594. The molecule has 0 N–H and O–H groups in total. The Hall–Kier alpha value is -0.860. The summed E-state index contributed by atoms with van der Waals surface area (Å²) in [7, 11) is 1.12. The van der Waals surface area contributed by atoms with Crippen LogP contribution >= 0.6 is 0 Å². The maximum atomic E-state index is 9.53. The molecule has 0 rings (SSSR count). The van der Waals surface area contributed by atoms with Crippen molar-refractivity contribution in [3.63, 3.8) is 0 Å². The fraction of sp³-hybridized carbons (Fsp3) is 0.333. The molecule has 0 radical (unpaired) electrons. The fourth-order valence-corrected chi connectivity index (χ4v) is 0.0417. The predicted molar refractivity (Wildman–Crippen MR) is 17.7 cm³/mol. The summed E-state index contributed by atoms with van der Waals surface area (Å²) in [5, 5.41) is 0. The van der Waals surface area contributed by atoms with E-state index in [-0.39, 0.29) is 0 Å². The van der Waals surface area contributed by atoms with Gasteiger partial charge in [0.2, 0.25) is 0 Å². The first kappa shape index (κ1) is 5.14. The third-order valence-electron chi connectivity index (χ3n) is 0.269. The van der Waals surface area contributed by atoms with Crippen molar-refractivity contribution in [2.45, 2.75) is 0 Å². The Morgan fingerprint density at radius 3 is 2.33 bits per heavy atom. The fourth-order valence-electron chi connectivity index (χ4n) is 0.0417. The summed E-state index contributed by atoms with van der Waals surface area (Å²) in [5.74, 6) is -0.963. The largest absolute Gasteiger partial charge is 0.531 e. The van der Waals surface area contributed by atoms with Crippen LogP contribution in [0.25, 0.3) is 0 Å². The number of rotatable bonds is 1. The average Bonchev–Trinajstić information content (AvgIpc) is 1.65. The second-order valence-electron chi connectivity index (χ2n) is 0.594. The summed E-state index contributed by atoms with van der Waals surface area (Å²) in [5.41, 5.74) is 0. The maximum absolute atomic E-state index is 9.53. The zero-order chi connectivity index (χ0) is 4.99. The first-order valence-electron chi connectivity index (χ1n) is 1.27. The lowest BCUT2D eigenvalue weighted by atomic mass is 10.8. The third kappa shape index (κ3) is 1.46. The SMILES string of the molecule is COC(=O)[C-]=O. The van der Waals surface area contributed by atoms with Gasteiger partial charge < -0.3 is 9.53 Å². The molecule has 0 atom stereocenters. The van der Waals surface area contributed by atoms with Crippen LogP contribution in [-0.2, 0) is 14.3 Å².